The molecule has 2 rings (SSSR count). The summed E-state index contributed by atoms with van der Waals surface area (Å²) in [5.41, 5.74) is 2.13. The van der Waals surface area contributed by atoms with Gasteiger partial charge in [-0.2, -0.15) is 0 Å². The quantitative estimate of drug-likeness (QED) is 0.813. The summed E-state index contributed by atoms with van der Waals surface area (Å²) in [4.78, 5) is 8.36. The van der Waals surface area contributed by atoms with Crippen LogP contribution in [0.2, 0.25) is 0 Å². The van der Waals surface area contributed by atoms with Gasteiger partial charge in [0.1, 0.15) is 11.9 Å². The molecule has 0 radical (unpaired) electrons. The summed E-state index contributed by atoms with van der Waals surface area (Å²) >= 11 is 0. The molecule has 3 heteroatoms. The lowest BCUT2D eigenvalue weighted by Gasteiger charge is -2.19. The number of allylic oxidation sites excluding steroid dienone is 2. The van der Waals surface area contributed by atoms with E-state index in [-0.39, 0.29) is 12.6 Å². The van der Waals surface area contributed by atoms with Crippen LogP contribution in [0, 0.1) is 6.92 Å². The van der Waals surface area contributed by atoms with E-state index in [1.54, 1.807) is 0 Å². The minimum atomic E-state index is -0.250. The zero-order chi connectivity index (χ0) is 13.4. The molecular weight excluding hydrogens is 228 g/mol. The number of para-hydroxylation sites is 1. The van der Waals surface area contributed by atoms with Crippen LogP contribution in [0.4, 0.5) is 0 Å². The highest BCUT2D eigenvalue weighted by Crippen LogP contribution is 2.22. The molecule has 18 heavy (non-hydrogen) atoms. The smallest absolute Gasteiger partial charge is 0.290 e. The highest BCUT2D eigenvalue weighted by molar-refractivity contribution is 5.37. The van der Waals surface area contributed by atoms with Crippen molar-refractivity contribution in [2.75, 3.05) is 0 Å². The second-order valence-corrected chi connectivity index (χ2v) is 3.73. The van der Waals surface area contributed by atoms with Gasteiger partial charge in [0.15, 0.2) is 0 Å². The Hall–Kier alpha value is -2.29. The first-order valence-electron chi connectivity index (χ1n) is 5.53. The first-order valence-corrected chi connectivity index (χ1v) is 5.53. The molecule has 0 heterocycles. The van der Waals surface area contributed by atoms with Gasteiger partial charge in [0, 0.05) is 0 Å². The molecule has 0 fully saturated rings. The maximum absolute atomic E-state index is 8.36. The molecule has 1 unspecified atom stereocenters. The van der Waals surface area contributed by atoms with Gasteiger partial charge in [-0.1, -0.05) is 43.0 Å². The van der Waals surface area contributed by atoms with E-state index in [4.69, 9.17) is 14.6 Å². The average molecular weight is 244 g/mol. The second-order valence-electron chi connectivity index (χ2n) is 3.73. The molecule has 0 amide bonds. The third kappa shape index (κ3) is 3.94. The molecule has 0 spiro atoms. The van der Waals surface area contributed by atoms with Crippen LogP contribution in [0.1, 0.15) is 5.56 Å². The number of hydrogen-bond donors (Lipinski definition) is 1. The summed E-state index contributed by atoms with van der Waals surface area (Å²) in [5.74, 6) is 0.920. The molecule has 0 saturated carbocycles. The Balaban J connectivity index is 0.000000492. The van der Waals surface area contributed by atoms with Gasteiger partial charge in [0.25, 0.3) is 6.47 Å². The van der Waals surface area contributed by atoms with Crippen LogP contribution in [0.3, 0.4) is 0 Å². The molecule has 0 aliphatic heterocycles. The summed E-state index contributed by atoms with van der Waals surface area (Å²) < 4.78 is 5.86. The molecule has 0 saturated heterocycles. The fourth-order valence-electron chi connectivity index (χ4n) is 1.50. The Morgan fingerprint density at radius 1 is 1.33 bits per heavy atom. The summed E-state index contributed by atoms with van der Waals surface area (Å²) in [5, 5.41) is 6.89. The number of ether oxygens (including phenoxy) is 1. The van der Waals surface area contributed by atoms with E-state index < -0.39 is 0 Å². The van der Waals surface area contributed by atoms with E-state index in [2.05, 4.69) is 6.58 Å². The Labute approximate surface area is 107 Å². The Bertz CT molecular complexity index is 472. The van der Waals surface area contributed by atoms with Crippen LogP contribution in [-0.2, 0) is 4.79 Å². The summed E-state index contributed by atoms with van der Waals surface area (Å²) in [6, 6.07) is 8.01. The number of hydrogen-bond acceptors (Lipinski definition) is 2. The lowest BCUT2D eigenvalue weighted by atomic mass is 10.1. The monoisotopic (exact) mass is 244 g/mol. The topological polar surface area (TPSA) is 46.5 Å². The summed E-state index contributed by atoms with van der Waals surface area (Å²) in [6.45, 7) is 5.75. The van der Waals surface area contributed by atoms with Gasteiger partial charge in [-0.05, 0) is 30.2 Å². The van der Waals surface area contributed by atoms with Crippen molar-refractivity contribution >= 4 is 6.47 Å². The van der Waals surface area contributed by atoms with Crippen LogP contribution in [0.15, 0.2) is 60.7 Å². The van der Waals surface area contributed by atoms with Gasteiger partial charge >= 0.3 is 0 Å². The molecule has 3 nitrogen and oxygen atoms in total. The first-order chi connectivity index (χ1) is 8.69. The third-order valence-electron chi connectivity index (χ3n) is 2.42. The number of aryl methyl sites for hydroxylation is 1. The van der Waals surface area contributed by atoms with E-state index in [0.29, 0.717) is 0 Å². The zero-order valence-electron chi connectivity index (χ0n) is 10.2. The minimum absolute atomic E-state index is 0.0314. The number of benzene rings is 1. The fraction of sp³-hybridized carbons (Fsp3) is 0.133. The molecule has 1 aromatic rings. The Morgan fingerprint density at radius 2 is 2.00 bits per heavy atom. The fourth-order valence-corrected chi connectivity index (χ4v) is 1.50. The van der Waals surface area contributed by atoms with E-state index in [9.17, 15) is 0 Å². The first kappa shape index (κ1) is 13.8. The number of carboxylic acid groups (broad SMARTS) is 1. The summed E-state index contributed by atoms with van der Waals surface area (Å²) in [7, 11) is 0. The van der Waals surface area contributed by atoms with Crippen molar-refractivity contribution in [3.8, 4) is 5.75 Å². The highest BCUT2D eigenvalue weighted by Gasteiger charge is 2.11. The van der Waals surface area contributed by atoms with Crippen molar-refractivity contribution in [3.63, 3.8) is 0 Å². The predicted molar refractivity (Wildman–Crippen MR) is 71.7 cm³/mol. The SMILES string of the molecule is C=C1C=CC=CC1Oc1ccccc1C.O=CO. The minimum Gasteiger partial charge on any atom is -0.483 e. The number of carbonyl (C=O) groups is 1. The van der Waals surface area contributed by atoms with Gasteiger partial charge in [0.2, 0.25) is 0 Å². The molecule has 1 aliphatic carbocycles. The Kier molecular flexibility index (Phi) is 5.45. The van der Waals surface area contributed by atoms with Gasteiger partial charge in [-0.15, -0.1) is 0 Å². The molecule has 1 N–H and O–H groups in total. The zero-order valence-corrected chi connectivity index (χ0v) is 10.2. The third-order valence-corrected chi connectivity index (χ3v) is 2.42. The van der Waals surface area contributed by atoms with E-state index in [1.807, 2.05) is 55.5 Å². The normalized spacial score (nSPS) is 16.7. The predicted octanol–water partition coefficient (Wildman–Crippen LogP) is 3.13. The molecule has 94 valence electrons. The van der Waals surface area contributed by atoms with Crippen molar-refractivity contribution in [2.24, 2.45) is 0 Å². The molecule has 1 aromatic carbocycles. The van der Waals surface area contributed by atoms with Crippen molar-refractivity contribution in [2.45, 2.75) is 13.0 Å². The van der Waals surface area contributed by atoms with Crippen LogP contribution in [0.5, 0.6) is 5.75 Å². The summed E-state index contributed by atoms with van der Waals surface area (Å²) in [6.07, 6.45) is 7.91. The van der Waals surface area contributed by atoms with Gasteiger partial charge in [-0.3, -0.25) is 4.79 Å². The van der Waals surface area contributed by atoms with E-state index in [1.165, 1.54) is 0 Å². The van der Waals surface area contributed by atoms with Crippen molar-refractivity contribution in [3.05, 3.63) is 66.3 Å². The molecule has 1 aliphatic rings. The van der Waals surface area contributed by atoms with Gasteiger partial charge in [-0.25, -0.2) is 0 Å². The van der Waals surface area contributed by atoms with Crippen LogP contribution < -0.4 is 4.74 Å². The maximum Gasteiger partial charge on any atom is 0.290 e. The molecule has 0 aromatic heterocycles. The van der Waals surface area contributed by atoms with E-state index in [0.717, 1.165) is 16.9 Å². The van der Waals surface area contributed by atoms with Crippen molar-refractivity contribution < 1.29 is 14.6 Å². The lowest BCUT2D eigenvalue weighted by Crippen LogP contribution is -2.16. The highest BCUT2D eigenvalue weighted by atomic mass is 16.5. The van der Waals surface area contributed by atoms with Crippen LogP contribution >= 0.6 is 0 Å². The maximum atomic E-state index is 8.36. The van der Waals surface area contributed by atoms with E-state index >= 15 is 0 Å². The van der Waals surface area contributed by atoms with Crippen LogP contribution in [0.25, 0.3) is 0 Å². The van der Waals surface area contributed by atoms with Gasteiger partial charge < -0.3 is 9.84 Å². The molecule has 1 atom stereocenters. The van der Waals surface area contributed by atoms with Crippen molar-refractivity contribution in [1.82, 2.24) is 0 Å². The van der Waals surface area contributed by atoms with Crippen LogP contribution in [-0.4, -0.2) is 17.7 Å². The van der Waals surface area contributed by atoms with Crippen molar-refractivity contribution in [1.29, 1.82) is 0 Å². The lowest BCUT2D eigenvalue weighted by molar-refractivity contribution is -0.122. The Morgan fingerprint density at radius 3 is 2.61 bits per heavy atom. The molecular formula is C15H16O3. The number of rotatable bonds is 2. The standard InChI is InChI=1S/C14H14O.CH2O2/c1-11-7-3-5-9-13(11)15-14-10-6-4-8-12(14)2;2-1-3/h3-10,13H,1H2,2H3;1H,(H,2,3). The molecule has 0 bridgehead atoms. The largest absolute Gasteiger partial charge is 0.483 e. The second kappa shape index (κ2) is 7.12. The average Bonchev–Trinajstić information content (AvgIpc) is 2.36. The van der Waals surface area contributed by atoms with Gasteiger partial charge in [0.05, 0.1) is 0 Å².